The molecule has 5 heteroatoms. The fourth-order valence-electron chi connectivity index (χ4n) is 2.81. The first-order chi connectivity index (χ1) is 9.72. The Kier molecular flexibility index (Phi) is 6.26. The lowest BCUT2D eigenvalue weighted by atomic mass is 10.1. The fourth-order valence-corrected chi connectivity index (χ4v) is 2.81. The van der Waals surface area contributed by atoms with Gasteiger partial charge in [-0.15, -0.1) is 0 Å². The Hall–Kier alpha value is -0.650. The van der Waals surface area contributed by atoms with Crippen molar-refractivity contribution in [1.29, 1.82) is 0 Å². The minimum atomic E-state index is 0.199. The summed E-state index contributed by atoms with van der Waals surface area (Å²) in [4.78, 5) is 16.7. The monoisotopic (exact) mass is 283 g/mol. The number of rotatable bonds is 8. The van der Waals surface area contributed by atoms with Gasteiger partial charge >= 0.3 is 0 Å². The van der Waals surface area contributed by atoms with Gasteiger partial charge < -0.3 is 10.1 Å². The summed E-state index contributed by atoms with van der Waals surface area (Å²) < 4.78 is 5.45. The quantitative estimate of drug-likeness (QED) is 0.666. The van der Waals surface area contributed by atoms with Gasteiger partial charge in [-0.2, -0.15) is 0 Å². The van der Waals surface area contributed by atoms with Crippen molar-refractivity contribution in [3.05, 3.63) is 0 Å². The van der Waals surface area contributed by atoms with Crippen LogP contribution in [0.25, 0.3) is 0 Å². The summed E-state index contributed by atoms with van der Waals surface area (Å²) in [5.41, 5.74) is 0. The van der Waals surface area contributed by atoms with Crippen molar-refractivity contribution in [3.63, 3.8) is 0 Å². The summed E-state index contributed by atoms with van der Waals surface area (Å²) >= 11 is 0. The molecule has 1 heterocycles. The molecular weight excluding hydrogens is 254 g/mol. The summed E-state index contributed by atoms with van der Waals surface area (Å²) in [6.07, 6.45) is 3.45. The Bertz CT molecular complexity index is 307. The molecule has 1 N–H and O–H groups in total. The zero-order valence-electron chi connectivity index (χ0n) is 12.9. The van der Waals surface area contributed by atoms with E-state index in [1.165, 1.54) is 0 Å². The maximum absolute atomic E-state index is 11.9. The van der Waals surface area contributed by atoms with E-state index >= 15 is 0 Å². The van der Waals surface area contributed by atoms with Gasteiger partial charge in [0.05, 0.1) is 13.2 Å². The molecule has 1 aliphatic carbocycles. The number of carbonyl (C=O) groups excluding carboxylic acids is 1. The van der Waals surface area contributed by atoms with Crippen LogP contribution in [0.2, 0.25) is 0 Å². The minimum absolute atomic E-state index is 0.199. The molecule has 0 radical (unpaired) electrons. The molecule has 1 atom stereocenters. The van der Waals surface area contributed by atoms with E-state index in [1.54, 1.807) is 0 Å². The van der Waals surface area contributed by atoms with Crippen LogP contribution in [0.1, 0.15) is 33.1 Å². The average molecular weight is 283 g/mol. The van der Waals surface area contributed by atoms with E-state index in [1.807, 2.05) is 6.92 Å². The standard InChI is InChI=1S/C15H29N3O2/c1-3-14-11-17(12-15(19)16-13-5-6-13)7-8-18(14)9-10-20-4-2/h13-14H,3-12H2,1-2H3,(H,16,19). The zero-order valence-corrected chi connectivity index (χ0v) is 12.9. The molecule has 0 spiro atoms. The highest BCUT2D eigenvalue weighted by Crippen LogP contribution is 2.18. The molecule has 1 amide bonds. The maximum atomic E-state index is 11.9. The zero-order chi connectivity index (χ0) is 14.4. The first-order valence-electron chi connectivity index (χ1n) is 8.06. The molecule has 2 rings (SSSR count). The van der Waals surface area contributed by atoms with E-state index in [4.69, 9.17) is 4.74 Å². The molecule has 1 saturated carbocycles. The van der Waals surface area contributed by atoms with Crippen molar-refractivity contribution < 1.29 is 9.53 Å². The van der Waals surface area contributed by atoms with Gasteiger partial charge in [0.25, 0.3) is 0 Å². The largest absolute Gasteiger partial charge is 0.380 e. The summed E-state index contributed by atoms with van der Waals surface area (Å²) in [5.74, 6) is 0.199. The van der Waals surface area contributed by atoms with E-state index in [9.17, 15) is 4.79 Å². The van der Waals surface area contributed by atoms with Crippen molar-refractivity contribution in [2.24, 2.45) is 0 Å². The third-order valence-corrected chi connectivity index (χ3v) is 4.20. The second kappa shape index (κ2) is 7.96. The van der Waals surface area contributed by atoms with Crippen LogP contribution in [-0.2, 0) is 9.53 Å². The lowest BCUT2D eigenvalue weighted by Gasteiger charge is -2.40. The number of nitrogens with one attached hydrogen (secondary N) is 1. The summed E-state index contributed by atoms with van der Waals surface area (Å²) in [6.45, 7) is 10.5. The first-order valence-corrected chi connectivity index (χ1v) is 8.06. The summed E-state index contributed by atoms with van der Waals surface area (Å²) in [6, 6.07) is 1.02. The third kappa shape index (κ3) is 5.04. The van der Waals surface area contributed by atoms with Crippen molar-refractivity contribution in [1.82, 2.24) is 15.1 Å². The predicted octanol–water partition coefficient (Wildman–Crippen LogP) is 0.698. The highest BCUT2D eigenvalue weighted by molar-refractivity contribution is 5.78. The molecular formula is C15H29N3O2. The number of carbonyl (C=O) groups is 1. The van der Waals surface area contributed by atoms with Gasteiger partial charge in [-0.25, -0.2) is 0 Å². The number of piperazine rings is 1. The molecule has 0 aromatic heterocycles. The molecule has 1 aliphatic heterocycles. The van der Waals surface area contributed by atoms with Gasteiger partial charge in [0.2, 0.25) is 5.91 Å². The topological polar surface area (TPSA) is 44.8 Å². The Balaban J connectivity index is 1.71. The molecule has 0 aromatic carbocycles. The average Bonchev–Trinajstić information content (AvgIpc) is 3.24. The fraction of sp³-hybridized carbons (Fsp3) is 0.933. The van der Waals surface area contributed by atoms with E-state index in [0.717, 1.165) is 58.7 Å². The summed E-state index contributed by atoms with van der Waals surface area (Å²) in [7, 11) is 0. The van der Waals surface area contributed by atoms with Crippen molar-refractivity contribution >= 4 is 5.91 Å². The van der Waals surface area contributed by atoms with E-state index in [0.29, 0.717) is 18.6 Å². The predicted molar refractivity (Wildman–Crippen MR) is 79.7 cm³/mol. The van der Waals surface area contributed by atoms with Crippen molar-refractivity contribution in [2.45, 2.75) is 45.2 Å². The van der Waals surface area contributed by atoms with Crippen LogP contribution in [0.15, 0.2) is 0 Å². The molecule has 5 nitrogen and oxygen atoms in total. The van der Waals surface area contributed by atoms with Gasteiger partial charge in [0.15, 0.2) is 0 Å². The number of ether oxygens (including phenoxy) is 1. The van der Waals surface area contributed by atoms with Crippen LogP contribution in [0.4, 0.5) is 0 Å². The number of amides is 1. The number of nitrogens with zero attached hydrogens (tertiary/aromatic N) is 2. The van der Waals surface area contributed by atoms with Crippen LogP contribution in [0.5, 0.6) is 0 Å². The lowest BCUT2D eigenvalue weighted by Crippen LogP contribution is -2.55. The summed E-state index contributed by atoms with van der Waals surface area (Å²) in [5, 5.41) is 3.07. The van der Waals surface area contributed by atoms with Gasteiger partial charge in [-0.1, -0.05) is 6.92 Å². The third-order valence-electron chi connectivity index (χ3n) is 4.20. The Morgan fingerprint density at radius 3 is 2.75 bits per heavy atom. The second-order valence-corrected chi connectivity index (χ2v) is 5.87. The molecule has 1 unspecified atom stereocenters. The van der Waals surface area contributed by atoms with Gasteiger partial charge in [-0.05, 0) is 26.2 Å². The van der Waals surface area contributed by atoms with Gasteiger partial charge in [-0.3, -0.25) is 14.6 Å². The molecule has 1 saturated heterocycles. The highest BCUT2D eigenvalue weighted by atomic mass is 16.5. The minimum Gasteiger partial charge on any atom is -0.380 e. The van der Waals surface area contributed by atoms with E-state index in [-0.39, 0.29) is 5.91 Å². The van der Waals surface area contributed by atoms with Crippen LogP contribution in [0, 0.1) is 0 Å². The molecule has 2 fully saturated rings. The highest BCUT2D eigenvalue weighted by Gasteiger charge is 2.28. The van der Waals surface area contributed by atoms with Crippen LogP contribution in [0.3, 0.4) is 0 Å². The maximum Gasteiger partial charge on any atom is 0.234 e. The van der Waals surface area contributed by atoms with E-state index in [2.05, 4.69) is 22.0 Å². The second-order valence-electron chi connectivity index (χ2n) is 5.87. The van der Waals surface area contributed by atoms with Gasteiger partial charge in [0.1, 0.15) is 0 Å². The van der Waals surface area contributed by atoms with Gasteiger partial charge in [0, 0.05) is 44.9 Å². The van der Waals surface area contributed by atoms with Crippen LogP contribution in [-0.4, -0.2) is 73.7 Å². The molecule has 2 aliphatic rings. The lowest BCUT2D eigenvalue weighted by molar-refractivity contribution is -0.123. The smallest absolute Gasteiger partial charge is 0.234 e. The Morgan fingerprint density at radius 1 is 1.30 bits per heavy atom. The number of hydrogen-bond donors (Lipinski definition) is 1. The van der Waals surface area contributed by atoms with Crippen molar-refractivity contribution in [3.8, 4) is 0 Å². The van der Waals surface area contributed by atoms with Crippen molar-refractivity contribution in [2.75, 3.05) is 45.9 Å². The van der Waals surface area contributed by atoms with Crippen LogP contribution < -0.4 is 5.32 Å². The molecule has 20 heavy (non-hydrogen) atoms. The van der Waals surface area contributed by atoms with Crippen LogP contribution >= 0.6 is 0 Å². The SMILES string of the molecule is CCOCCN1CCN(CC(=O)NC2CC2)CC1CC. The number of hydrogen-bond acceptors (Lipinski definition) is 4. The van der Waals surface area contributed by atoms with E-state index < -0.39 is 0 Å². The molecule has 0 aromatic rings. The molecule has 0 bridgehead atoms. The molecule has 116 valence electrons. The normalized spacial score (nSPS) is 24.8. The Labute approximate surface area is 122 Å². The first kappa shape index (κ1) is 15.7. The Morgan fingerprint density at radius 2 is 2.10 bits per heavy atom.